The van der Waals surface area contributed by atoms with Crippen molar-refractivity contribution in [3.63, 3.8) is 0 Å². The highest BCUT2D eigenvalue weighted by Gasteiger charge is 2.25. The van der Waals surface area contributed by atoms with Gasteiger partial charge in [-0.05, 0) is 32.3 Å². The van der Waals surface area contributed by atoms with E-state index in [0.717, 1.165) is 16.9 Å². The fourth-order valence-corrected chi connectivity index (χ4v) is 2.92. The van der Waals surface area contributed by atoms with Gasteiger partial charge in [-0.25, -0.2) is 4.79 Å². The van der Waals surface area contributed by atoms with E-state index in [4.69, 9.17) is 10.5 Å². The first-order valence-corrected chi connectivity index (χ1v) is 7.98. The minimum absolute atomic E-state index is 0.0817. The Labute approximate surface area is 129 Å². The van der Waals surface area contributed by atoms with Crippen molar-refractivity contribution >= 4 is 28.2 Å². The van der Waals surface area contributed by atoms with Gasteiger partial charge in [0.1, 0.15) is 5.00 Å². The van der Waals surface area contributed by atoms with Crippen molar-refractivity contribution in [2.75, 3.05) is 11.9 Å². The van der Waals surface area contributed by atoms with Gasteiger partial charge in [0.05, 0.1) is 18.2 Å². The lowest BCUT2D eigenvalue weighted by atomic mass is 9.99. The van der Waals surface area contributed by atoms with Gasteiger partial charge >= 0.3 is 5.97 Å². The number of carbonyl (C=O) groups excluding carboxylic acids is 2. The molecule has 1 aromatic rings. The van der Waals surface area contributed by atoms with Crippen LogP contribution >= 0.6 is 11.3 Å². The number of esters is 1. The molecule has 1 aromatic heterocycles. The third-order valence-electron chi connectivity index (χ3n) is 3.66. The normalized spacial score (nSPS) is 13.6. The zero-order valence-electron chi connectivity index (χ0n) is 13.3. The fourth-order valence-electron chi connectivity index (χ4n) is 1.87. The van der Waals surface area contributed by atoms with E-state index in [-0.39, 0.29) is 11.8 Å². The van der Waals surface area contributed by atoms with Crippen LogP contribution in [0.25, 0.3) is 0 Å². The molecule has 3 N–H and O–H groups in total. The zero-order chi connectivity index (χ0) is 16.2. The number of rotatable bonds is 6. The molecule has 1 unspecified atom stereocenters. The number of nitrogens with two attached hydrogens (primary N) is 1. The number of hydrogen-bond acceptors (Lipinski definition) is 5. The Kier molecular flexibility index (Phi) is 6.36. The molecule has 0 aliphatic carbocycles. The molecule has 0 spiro atoms. The first-order chi connectivity index (χ1) is 9.83. The van der Waals surface area contributed by atoms with E-state index in [0.29, 0.717) is 17.2 Å². The molecule has 21 heavy (non-hydrogen) atoms. The van der Waals surface area contributed by atoms with Crippen LogP contribution in [-0.2, 0) is 9.53 Å². The van der Waals surface area contributed by atoms with Crippen LogP contribution in [0.4, 0.5) is 5.00 Å². The second kappa shape index (κ2) is 7.56. The quantitative estimate of drug-likeness (QED) is 0.791. The second-order valence-electron chi connectivity index (χ2n) is 5.11. The minimum atomic E-state index is -0.590. The summed E-state index contributed by atoms with van der Waals surface area (Å²) in [5.41, 5.74) is 7.20. The molecule has 0 radical (unpaired) electrons. The summed E-state index contributed by atoms with van der Waals surface area (Å²) >= 11 is 1.37. The first-order valence-electron chi connectivity index (χ1n) is 7.16. The van der Waals surface area contributed by atoms with Gasteiger partial charge in [-0.2, -0.15) is 0 Å². The molecule has 6 heteroatoms. The molecule has 1 rings (SSSR count). The van der Waals surface area contributed by atoms with Gasteiger partial charge in [0.15, 0.2) is 0 Å². The predicted octanol–water partition coefficient (Wildman–Crippen LogP) is 2.85. The number of aryl methyl sites for hydroxylation is 1. The van der Waals surface area contributed by atoms with E-state index in [1.165, 1.54) is 11.3 Å². The van der Waals surface area contributed by atoms with Gasteiger partial charge in [0.25, 0.3) is 0 Å². The third kappa shape index (κ3) is 4.04. The van der Waals surface area contributed by atoms with E-state index in [2.05, 4.69) is 5.32 Å². The Bertz CT molecular complexity index is 525. The number of anilines is 1. The summed E-state index contributed by atoms with van der Waals surface area (Å²) in [6.07, 6.45) is 0.821. The van der Waals surface area contributed by atoms with Gasteiger partial charge in [-0.15, -0.1) is 11.3 Å². The minimum Gasteiger partial charge on any atom is -0.462 e. The Hall–Kier alpha value is -1.40. The lowest BCUT2D eigenvalue weighted by Gasteiger charge is -2.17. The van der Waals surface area contributed by atoms with Crippen molar-refractivity contribution in [1.29, 1.82) is 0 Å². The van der Waals surface area contributed by atoms with Crippen LogP contribution in [0.2, 0.25) is 0 Å². The summed E-state index contributed by atoms with van der Waals surface area (Å²) in [5, 5.41) is 3.30. The highest BCUT2D eigenvalue weighted by molar-refractivity contribution is 7.16. The van der Waals surface area contributed by atoms with Gasteiger partial charge < -0.3 is 15.8 Å². The second-order valence-corrected chi connectivity index (χ2v) is 6.33. The molecule has 0 fully saturated rings. The van der Waals surface area contributed by atoms with Crippen LogP contribution in [0.15, 0.2) is 0 Å². The largest absolute Gasteiger partial charge is 0.462 e. The van der Waals surface area contributed by atoms with Crippen LogP contribution in [0, 0.1) is 19.8 Å². The maximum Gasteiger partial charge on any atom is 0.341 e. The molecule has 2 atom stereocenters. The molecule has 1 amide bonds. The van der Waals surface area contributed by atoms with E-state index >= 15 is 0 Å². The maximum absolute atomic E-state index is 12.2. The van der Waals surface area contributed by atoms with E-state index in [9.17, 15) is 9.59 Å². The van der Waals surface area contributed by atoms with Crippen molar-refractivity contribution in [2.24, 2.45) is 11.7 Å². The summed E-state index contributed by atoms with van der Waals surface area (Å²) < 4.78 is 5.06. The molecule has 5 nitrogen and oxygen atoms in total. The Morgan fingerprint density at radius 2 is 1.95 bits per heavy atom. The lowest BCUT2D eigenvalue weighted by Crippen LogP contribution is -2.40. The van der Waals surface area contributed by atoms with Gasteiger partial charge in [-0.1, -0.05) is 20.3 Å². The topological polar surface area (TPSA) is 81.4 Å². The van der Waals surface area contributed by atoms with Crippen molar-refractivity contribution < 1.29 is 14.3 Å². The highest BCUT2D eigenvalue weighted by Crippen LogP contribution is 2.33. The van der Waals surface area contributed by atoms with Crippen LogP contribution in [0.5, 0.6) is 0 Å². The SMILES string of the molecule is CCOC(=O)c1c(NC(=O)[C@@H](N)C(C)CC)sc(C)c1C. The first kappa shape index (κ1) is 17.7. The van der Waals surface area contributed by atoms with Crippen molar-refractivity contribution in [3.05, 3.63) is 16.0 Å². The Morgan fingerprint density at radius 1 is 1.33 bits per heavy atom. The summed E-state index contributed by atoms with van der Waals surface area (Å²) in [4.78, 5) is 25.2. The number of thiophene rings is 1. The zero-order valence-corrected chi connectivity index (χ0v) is 14.1. The summed E-state index contributed by atoms with van der Waals surface area (Å²) in [6, 6.07) is -0.590. The summed E-state index contributed by atoms with van der Waals surface area (Å²) in [5.74, 6) is -0.596. The molecule has 1 heterocycles. The van der Waals surface area contributed by atoms with Crippen molar-refractivity contribution in [1.82, 2.24) is 0 Å². The monoisotopic (exact) mass is 312 g/mol. The van der Waals surface area contributed by atoms with Crippen molar-refractivity contribution in [3.8, 4) is 0 Å². The smallest absolute Gasteiger partial charge is 0.341 e. The van der Waals surface area contributed by atoms with Crippen LogP contribution in [-0.4, -0.2) is 24.5 Å². The molecular formula is C15H24N2O3S. The lowest BCUT2D eigenvalue weighted by molar-refractivity contribution is -0.118. The maximum atomic E-state index is 12.2. The number of ether oxygens (including phenoxy) is 1. The highest BCUT2D eigenvalue weighted by atomic mass is 32.1. The molecular weight excluding hydrogens is 288 g/mol. The Balaban J connectivity index is 3.01. The van der Waals surface area contributed by atoms with Gasteiger partial charge in [0, 0.05) is 4.88 Å². The molecule has 0 bridgehead atoms. The molecule has 118 valence electrons. The van der Waals surface area contributed by atoms with E-state index in [1.807, 2.05) is 27.7 Å². The molecule has 0 saturated heterocycles. The van der Waals surface area contributed by atoms with E-state index in [1.54, 1.807) is 6.92 Å². The summed E-state index contributed by atoms with van der Waals surface area (Å²) in [7, 11) is 0. The number of carbonyl (C=O) groups is 2. The molecule has 0 aliphatic heterocycles. The number of hydrogen-bond donors (Lipinski definition) is 2. The fraction of sp³-hybridized carbons (Fsp3) is 0.600. The van der Waals surface area contributed by atoms with Crippen molar-refractivity contribution in [2.45, 2.75) is 47.1 Å². The van der Waals surface area contributed by atoms with Crippen LogP contribution in [0.1, 0.15) is 48.0 Å². The Morgan fingerprint density at radius 3 is 2.48 bits per heavy atom. The average Bonchev–Trinajstić information content (AvgIpc) is 2.72. The standard InChI is InChI=1S/C15H24N2O3S/c1-6-8(3)12(16)13(18)17-14-11(15(19)20-7-2)9(4)10(5)21-14/h8,12H,6-7,16H2,1-5H3,(H,17,18)/t8?,12-/m0/s1. The van der Waals surface area contributed by atoms with E-state index < -0.39 is 12.0 Å². The number of nitrogens with one attached hydrogen (secondary N) is 1. The molecule has 0 aromatic carbocycles. The summed E-state index contributed by atoms with van der Waals surface area (Å²) in [6.45, 7) is 9.73. The van der Waals surface area contributed by atoms with Crippen LogP contribution < -0.4 is 11.1 Å². The van der Waals surface area contributed by atoms with Gasteiger partial charge in [-0.3, -0.25) is 4.79 Å². The third-order valence-corrected chi connectivity index (χ3v) is 4.78. The molecule has 0 aliphatic rings. The van der Waals surface area contributed by atoms with Crippen LogP contribution in [0.3, 0.4) is 0 Å². The predicted molar refractivity (Wildman–Crippen MR) is 85.8 cm³/mol. The average molecular weight is 312 g/mol. The van der Waals surface area contributed by atoms with Gasteiger partial charge in [0.2, 0.25) is 5.91 Å². The molecule has 0 saturated carbocycles. The number of amides is 1.